The van der Waals surface area contributed by atoms with Crippen LogP contribution in [0.25, 0.3) is 0 Å². The van der Waals surface area contributed by atoms with Crippen LogP contribution in [0.15, 0.2) is 18.2 Å². The smallest absolute Gasteiger partial charge is 0.339 e. The van der Waals surface area contributed by atoms with Gasteiger partial charge in [-0.05, 0) is 25.1 Å². The number of amides is 1. The first-order valence-electron chi connectivity index (χ1n) is 5.11. The Morgan fingerprint density at radius 2 is 2.00 bits per heavy atom. The summed E-state index contributed by atoms with van der Waals surface area (Å²) in [6.45, 7) is 1.30. The molecule has 0 atom stereocenters. The van der Waals surface area contributed by atoms with E-state index in [9.17, 15) is 14.4 Å². The predicted molar refractivity (Wildman–Crippen MR) is 66.7 cm³/mol. The van der Waals surface area contributed by atoms with Crippen LogP contribution in [0.1, 0.15) is 23.7 Å². The van der Waals surface area contributed by atoms with Crippen molar-refractivity contribution in [2.45, 2.75) is 13.3 Å². The van der Waals surface area contributed by atoms with Crippen molar-refractivity contribution in [2.75, 3.05) is 12.4 Å². The third-order valence-electron chi connectivity index (χ3n) is 2.07. The normalized spacial score (nSPS) is 9.72. The minimum atomic E-state index is -0.593. The number of ether oxygens (including phenoxy) is 1. The number of halogens is 1. The van der Waals surface area contributed by atoms with E-state index < -0.39 is 11.9 Å². The number of rotatable bonds is 4. The first-order valence-corrected chi connectivity index (χ1v) is 5.49. The summed E-state index contributed by atoms with van der Waals surface area (Å²) in [5.41, 5.74) is 0.402. The molecule has 0 unspecified atom stereocenters. The van der Waals surface area contributed by atoms with Gasteiger partial charge in [-0.25, -0.2) is 4.79 Å². The Bertz CT molecular complexity index is 499. The molecule has 0 aromatic heterocycles. The van der Waals surface area contributed by atoms with Gasteiger partial charge in [0.2, 0.25) is 5.91 Å². The average Bonchev–Trinajstić information content (AvgIpc) is 2.27. The second kappa shape index (κ2) is 6.16. The highest BCUT2D eigenvalue weighted by atomic mass is 35.5. The van der Waals surface area contributed by atoms with Crippen molar-refractivity contribution in [3.63, 3.8) is 0 Å². The molecule has 96 valence electrons. The SMILES string of the molecule is COC(=O)c1ccc(Cl)cc1NC(=O)CC(C)=O. The molecule has 1 rings (SSSR count). The van der Waals surface area contributed by atoms with Crippen LogP contribution in [0.4, 0.5) is 5.69 Å². The molecule has 0 spiro atoms. The zero-order chi connectivity index (χ0) is 13.7. The van der Waals surface area contributed by atoms with Crippen LogP contribution >= 0.6 is 11.6 Å². The van der Waals surface area contributed by atoms with E-state index in [1.165, 1.54) is 32.2 Å². The van der Waals surface area contributed by atoms with Gasteiger partial charge in [0.05, 0.1) is 24.8 Å². The van der Waals surface area contributed by atoms with Gasteiger partial charge in [0.1, 0.15) is 5.78 Å². The zero-order valence-corrected chi connectivity index (χ0v) is 10.7. The highest BCUT2D eigenvalue weighted by Gasteiger charge is 2.15. The summed E-state index contributed by atoms with van der Waals surface area (Å²) in [6, 6.07) is 4.37. The molecule has 0 saturated carbocycles. The Balaban J connectivity index is 2.99. The van der Waals surface area contributed by atoms with Gasteiger partial charge in [0, 0.05) is 5.02 Å². The highest BCUT2D eigenvalue weighted by Crippen LogP contribution is 2.22. The van der Waals surface area contributed by atoms with Crippen molar-refractivity contribution < 1.29 is 19.1 Å². The van der Waals surface area contributed by atoms with E-state index in [1.807, 2.05) is 0 Å². The number of hydrogen-bond acceptors (Lipinski definition) is 4. The molecule has 5 nitrogen and oxygen atoms in total. The van der Waals surface area contributed by atoms with Gasteiger partial charge in [0.15, 0.2) is 0 Å². The summed E-state index contributed by atoms with van der Waals surface area (Å²) in [5.74, 6) is -1.37. The monoisotopic (exact) mass is 269 g/mol. The number of anilines is 1. The van der Waals surface area contributed by atoms with E-state index >= 15 is 0 Å². The van der Waals surface area contributed by atoms with Crippen molar-refractivity contribution in [1.82, 2.24) is 0 Å². The van der Waals surface area contributed by atoms with Crippen molar-refractivity contribution in [3.8, 4) is 0 Å². The first-order chi connectivity index (χ1) is 8.43. The summed E-state index contributed by atoms with van der Waals surface area (Å²) in [6.07, 6.45) is -0.257. The Labute approximate surface area is 109 Å². The Kier molecular flexibility index (Phi) is 4.85. The van der Waals surface area contributed by atoms with Crippen LogP contribution in [0.2, 0.25) is 5.02 Å². The van der Waals surface area contributed by atoms with Gasteiger partial charge in [-0.3, -0.25) is 9.59 Å². The van der Waals surface area contributed by atoms with Crippen LogP contribution in [0, 0.1) is 0 Å². The lowest BCUT2D eigenvalue weighted by atomic mass is 10.1. The number of esters is 1. The van der Waals surface area contributed by atoms with E-state index in [2.05, 4.69) is 10.1 Å². The van der Waals surface area contributed by atoms with Crippen LogP contribution in [0.5, 0.6) is 0 Å². The highest BCUT2D eigenvalue weighted by molar-refractivity contribution is 6.31. The Morgan fingerprint density at radius 1 is 1.33 bits per heavy atom. The third kappa shape index (κ3) is 3.85. The van der Waals surface area contributed by atoms with Crippen molar-refractivity contribution in [3.05, 3.63) is 28.8 Å². The molecule has 1 aromatic rings. The third-order valence-corrected chi connectivity index (χ3v) is 2.31. The van der Waals surface area contributed by atoms with E-state index in [4.69, 9.17) is 11.6 Å². The van der Waals surface area contributed by atoms with Crippen LogP contribution < -0.4 is 5.32 Å². The molecule has 1 N–H and O–H groups in total. The number of nitrogens with one attached hydrogen (secondary N) is 1. The van der Waals surface area contributed by atoms with Gasteiger partial charge in [-0.2, -0.15) is 0 Å². The van der Waals surface area contributed by atoms with Crippen LogP contribution in [0.3, 0.4) is 0 Å². The second-order valence-corrected chi connectivity index (χ2v) is 4.04. The number of hydrogen-bond donors (Lipinski definition) is 1. The summed E-state index contributed by atoms with van der Waals surface area (Å²) in [4.78, 5) is 33.7. The minimum Gasteiger partial charge on any atom is -0.465 e. The number of carbonyl (C=O) groups is 3. The van der Waals surface area contributed by atoms with E-state index in [1.54, 1.807) is 0 Å². The number of methoxy groups -OCH3 is 1. The maximum atomic E-state index is 11.5. The molecule has 0 fully saturated rings. The van der Waals surface area contributed by atoms with Gasteiger partial charge >= 0.3 is 5.97 Å². The summed E-state index contributed by atoms with van der Waals surface area (Å²) < 4.78 is 4.58. The van der Waals surface area contributed by atoms with Gasteiger partial charge in [-0.1, -0.05) is 11.6 Å². The molecule has 1 amide bonds. The summed E-state index contributed by atoms with van der Waals surface area (Å²) in [5, 5.41) is 2.81. The lowest BCUT2D eigenvalue weighted by molar-refractivity contribution is -0.124. The molecule has 1 aromatic carbocycles. The quantitative estimate of drug-likeness (QED) is 0.671. The lowest BCUT2D eigenvalue weighted by Gasteiger charge is -2.09. The van der Waals surface area contributed by atoms with Gasteiger partial charge in [-0.15, -0.1) is 0 Å². The minimum absolute atomic E-state index is 0.179. The van der Waals surface area contributed by atoms with Crippen molar-refractivity contribution in [2.24, 2.45) is 0 Å². The topological polar surface area (TPSA) is 72.5 Å². The molecular weight excluding hydrogens is 258 g/mol. The number of Topliss-reactive ketones (excluding diaryl/α,β-unsaturated/α-hetero) is 1. The molecule has 0 radical (unpaired) electrons. The molecule has 0 aliphatic rings. The fourth-order valence-corrected chi connectivity index (χ4v) is 1.50. The molecule has 0 heterocycles. The molecule has 18 heavy (non-hydrogen) atoms. The second-order valence-electron chi connectivity index (χ2n) is 3.61. The lowest BCUT2D eigenvalue weighted by Crippen LogP contribution is -2.17. The molecule has 0 aliphatic heterocycles. The molecule has 6 heteroatoms. The fraction of sp³-hybridized carbons (Fsp3) is 0.250. The largest absolute Gasteiger partial charge is 0.465 e. The maximum Gasteiger partial charge on any atom is 0.339 e. The van der Waals surface area contributed by atoms with Crippen molar-refractivity contribution in [1.29, 1.82) is 0 Å². The fourth-order valence-electron chi connectivity index (χ4n) is 1.33. The molecule has 0 aliphatic carbocycles. The molecular formula is C12H12ClNO4. The van der Waals surface area contributed by atoms with Gasteiger partial charge in [0.25, 0.3) is 0 Å². The molecule has 0 bridgehead atoms. The van der Waals surface area contributed by atoms with Crippen LogP contribution in [-0.4, -0.2) is 24.8 Å². The molecule has 0 saturated heterocycles. The predicted octanol–water partition coefficient (Wildman–Crippen LogP) is 2.04. The van der Waals surface area contributed by atoms with Crippen LogP contribution in [-0.2, 0) is 14.3 Å². The zero-order valence-electron chi connectivity index (χ0n) is 9.95. The number of benzene rings is 1. The Hall–Kier alpha value is -1.88. The summed E-state index contributed by atoms with van der Waals surface area (Å²) in [7, 11) is 1.23. The van der Waals surface area contributed by atoms with E-state index in [0.29, 0.717) is 5.02 Å². The van der Waals surface area contributed by atoms with Gasteiger partial charge < -0.3 is 10.1 Å². The standard InChI is InChI=1S/C12H12ClNO4/c1-7(15)5-11(16)14-10-6-8(13)3-4-9(10)12(17)18-2/h3-4,6H,5H2,1-2H3,(H,14,16). The average molecular weight is 270 g/mol. The first kappa shape index (κ1) is 14.2. The van der Waals surface area contributed by atoms with E-state index in [0.717, 1.165) is 0 Å². The summed E-state index contributed by atoms with van der Waals surface area (Å²) >= 11 is 5.78. The number of ketones is 1. The Morgan fingerprint density at radius 3 is 2.56 bits per heavy atom. The van der Waals surface area contributed by atoms with E-state index in [-0.39, 0.29) is 23.5 Å². The van der Waals surface area contributed by atoms with Crippen molar-refractivity contribution >= 4 is 34.9 Å². The maximum absolute atomic E-state index is 11.5. The number of carbonyl (C=O) groups excluding carboxylic acids is 3.